The summed E-state index contributed by atoms with van der Waals surface area (Å²) < 4.78 is 5.82. The normalized spacial score (nSPS) is 22.5. The van der Waals surface area contributed by atoms with E-state index in [4.69, 9.17) is 4.42 Å². The molecule has 2 saturated heterocycles. The van der Waals surface area contributed by atoms with Crippen LogP contribution < -0.4 is 4.90 Å². The molecule has 0 aromatic carbocycles. The van der Waals surface area contributed by atoms with Crippen molar-refractivity contribution in [2.75, 3.05) is 31.1 Å². The molecule has 2 aliphatic rings. The molecule has 1 unspecified atom stereocenters. The maximum atomic E-state index is 12.5. The van der Waals surface area contributed by atoms with Gasteiger partial charge in [0.05, 0.1) is 6.10 Å². The summed E-state index contributed by atoms with van der Waals surface area (Å²) in [5, 5.41) is 9.58. The Balaban J connectivity index is 1.38. The Labute approximate surface area is 146 Å². The van der Waals surface area contributed by atoms with Crippen LogP contribution in [0.5, 0.6) is 0 Å². The van der Waals surface area contributed by atoms with Crippen molar-refractivity contribution in [3.63, 3.8) is 0 Å². The largest absolute Gasteiger partial charge is 0.422 e. The lowest BCUT2D eigenvalue weighted by Gasteiger charge is -2.34. The average molecular weight is 344 g/mol. The smallest absolute Gasteiger partial charge is 0.299 e. The molecule has 2 aromatic rings. The Bertz CT molecular complexity index is 706. The molecule has 25 heavy (non-hydrogen) atoms. The highest BCUT2D eigenvalue weighted by atomic mass is 16.4. The first-order valence-corrected chi connectivity index (χ1v) is 9.11. The van der Waals surface area contributed by atoms with E-state index in [0.717, 1.165) is 25.9 Å². The van der Waals surface area contributed by atoms with Crippen LogP contribution in [0, 0.1) is 5.92 Å². The Morgan fingerprint density at radius 1 is 1.28 bits per heavy atom. The third-order valence-corrected chi connectivity index (χ3v) is 5.22. The number of hydrogen-bond acceptors (Lipinski definition) is 6. The minimum Gasteiger partial charge on any atom is -0.422 e. The van der Waals surface area contributed by atoms with Gasteiger partial charge in [-0.3, -0.25) is 4.79 Å². The number of rotatable bonds is 3. The number of amides is 1. The van der Waals surface area contributed by atoms with Crippen LogP contribution >= 0.6 is 0 Å². The molecule has 1 N–H and O–H groups in total. The Kier molecular flexibility index (Phi) is 4.57. The molecule has 2 fully saturated rings. The van der Waals surface area contributed by atoms with Gasteiger partial charge >= 0.3 is 0 Å². The van der Waals surface area contributed by atoms with E-state index in [9.17, 15) is 9.90 Å². The molecule has 2 aromatic heterocycles. The van der Waals surface area contributed by atoms with Crippen molar-refractivity contribution in [2.45, 2.75) is 38.2 Å². The first-order valence-electron chi connectivity index (χ1n) is 9.11. The van der Waals surface area contributed by atoms with Gasteiger partial charge in [0, 0.05) is 38.8 Å². The number of pyridine rings is 1. The summed E-state index contributed by atoms with van der Waals surface area (Å²) in [5.41, 5.74) is 1.32. The number of likely N-dealkylation sites (tertiary alicyclic amines) is 1. The predicted molar refractivity (Wildman–Crippen MR) is 93.2 cm³/mol. The summed E-state index contributed by atoms with van der Waals surface area (Å²) in [6.07, 6.45) is 5.49. The van der Waals surface area contributed by atoms with Gasteiger partial charge in [-0.25, -0.2) is 4.98 Å². The second-order valence-electron chi connectivity index (χ2n) is 7.09. The predicted octanol–water partition coefficient (Wildman–Crippen LogP) is 1.81. The first-order chi connectivity index (χ1) is 12.2. The lowest BCUT2D eigenvalue weighted by Crippen LogP contribution is -2.43. The van der Waals surface area contributed by atoms with Gasteiger partial charge in [-0.1, -0.05) is 0 Å². The number of carbonyl (C=O) groups excluding carboxylic acids is 1. The molecular formula is C18H24N4O3. The molecule has 0 bridgehead atoms. The van der Waals surface area contributed by atoms with E-state index < -0.39 is 0 Å². The van der Waals surface area contributed by atoms with Gasteiger partial charge in [0.15, 0.2) is 5.58 Å². The van der Waals surface area contributed by atoms with E-state index in [1.807, 2.05) is 17.0 Å². The number of piperidine rings is 2. The second kappa shape index (κ2) is 7.00. The number of aromatic nitrogens is 2. The van der Waals surface area contributed by atoms with Crippen LogP contribution in [-0.2, 0) is 4.79 Å². The van der Waals surface area contributed by atoms with Crippen molar-refractivity contribution >= 4 is 23.2 Å². The van der Waals surface area contributed by atoms with E-state index in [1.54, 1.807) is 6.20 Å². The number of aliphatic hydroxyl groups is 1. The van der Waals surface area contributed by atoms with Crippen molar-refractivity contribution in [2.24, 2.45) is 5.92 Å². The molecule has 4 rings (SSSR count). The highest BCUT2D eigenvalue weighted by Gasteiger charge is 2.28. The van der Waals surface area contributed by atoms with E-state index in [0.29, 0.717) is 55.5 Å². The lowest BCUT2D eigenvalue weighted by atomic mass is 9.94. The zero-order valence-electron chi connectivity index (χ0n) is 14.3. The highest BCUT2D eigenvalue weighted by molar-refractivity contribution is 5.76. The molecular weight excluding hydrogens is 320 g/mol. The van der Waals surface area contributed by atoms with Crippen LogP contribution in [0.2, 0.25) is 0 Å². The molecule has 4 heterocycles. The maximum absolute atomic E-state index is 12.5. The number of fused-ring (bicyclic) bond motifs is 1. The van der Waals surface area contributed by atoms with Gasteiger partial charge in [-0.05, 0) is 43.7 Å². The number of oxazole rings is 1. The standard InChI is InChI=1S/C18H24N4O3/c23-14-5-9-21(10-6-14)16(24)11-13-3-2-8-22(12-13)18-20-17-15(25-18)4-1-7-19-17/h1,4,7,13-14,23H,2-3,5-6,8-12H2. The van der Waals surface area contributed by atoms with Crippen LogP contribution in [-0.4, -0.2) is 58.2 Å². The fourth-order valence-corrected chi connectivity index (χ4v) is 3.79. The number of carbonyl (C=O) groups is 1. The fourth-order valence-electron chi connectivity index (χ4n) is 3.79. The molecule has 1 amide bonds. The van der Waals surface area contributed by atoms with Crippen LogP contribution in [0.3, 0.4) is 0 Å². The molecule has 0 radical (unpaired) electrons. The average Bonchev–Trinajstić information content (AvgIpc) is 3.07. The molecule has 0 saturated carbocycles. The van der Waals surface area contributed by atoms with E-state index in [2.05, 4.69) is 14.9 Å². The SMILES string of the molecule is O=C(CC1CCCN(c2nc3ncccc3o2)C1)N1CCC(O)CC1. The zero-order chi connectivity index (χ0) is 17.2. The zero-order valence-corrected chi connectivity index (χ0v) is 14.3. The van der Waals surface area contributed by atoms with E-state index in [-0.39, 0.29) is 12.0 Å². The van der Waals surface area contributed by atoms with E-state index >= 15 is 0 Å². The first kappa shape index (κ1) is 16.3. The molecule has 0 aliphatic carbocycles. The molecule has 134 valence electrons. The van der Waals surface area contributed by atoms with Crippen LogP contribution in [0.1, 0.15) is 32.1 Å². The molecule has 0 spiro atoms. The number of nitrogens with zero attached hydrogens (tertiary/aromatic N) is 4. The van der Waals surface area contributed by atoms with E-state index in [1.165, 1.54) is 0 Å². The number of anilines is 1. The molecule has 1 atom stereocenters. The summed E-state index contributed by atoms with van der Waals surface area (Å²) in [5.74, 6) is 0.522. The lowest BCUT2D eigenvalue weighted by molar-refractivity contribution is -0.134. The molecule has 7 nitrogen and oxygen atoms in total. The second-order valence-corrected chi connectivity index (χ2v) is 7.09. The van der Waals surface area contributed by atoms with Gasteiger partial charge in [0.25, 0.3) is 6.01 Å². The number of aliphatic hydroxyl groups excluding tert-OH is 1. The Morgan fingerprint density at radius 2 is 2.12 bits per heavy atom. The molecule has 2 aliphatic heterocycles. The third kappa shape index (κ3) is 3.61. The summed E-state index contributed by atoms with van der Waals surface area (Å²) in [6.45, 7) is 3.03. The van der Waals surface area contributed by atoms with Crippen molar-refractivity contribution < 1.29 is 14.3 Å². The van der Waals surface area contributed by atoms with Crippen LogP contribution in [0.15, 0.2) is 22.7 Å². The highest BCUT2D eigenvalue weighted by Crippen LogP contribution is 2.27. The molecule has 7 heteroatoms. The van der Waals surface area contributed by atoms with Crippen molar-refractivity contribution in [3.8, 4) is 0 Å². The van der Waals surface area contributed by atoms with Crippen LogP contribution in [0.25, 0.3) is 11.2 Å². The minimum atomic E-state index is -0.248. The van der Waals surface area contributed by atoms with Crippen LogP contribution in [0.4, 0.5) is 6.01 Å². The summed E-state index contributed by atoms with van der Waals surface area (Å²) >= 11 is 0. The summed E-state index contributed by atoms with van der Waals surface area (Å²) in [4.78, 5) is 25.3. The van der Waals surface area contributed by atoms with Crippen molar-refractivity contribution in [3.05, 3.63) is 18.3 Å². The Morgan fingerprint density at radius 3 is 2.92 bits per heavy atom. The van der Waals surface area contributed by atoms with Gasteiger partial charge < -0.3 is 19.3 Å². The van der Waals surface area contributed by atoms with Gasteiger partial charge in [-0.2, -0.15) is 4.98 Å². The summed E-state index contributed by atoms with van der Waals surface area (Å²) in [6, 6.07) is 4.31. The topological polar surface area (TPSA) is 82.7 Å². The monoisotopic (exact) mass is 344 g/mol. The number of hydrogen-bond donors (Lipinski definition) is 1. The van der Waals surface area contributed by atoms with Crippen molar-refractivity contribution in [1.82, 2.24) is 14.9 Å². The van der Waals surface area contributed by atoms with Crippen molar-refractivity contribution in [1.29, 1.82) is 0 Å². The van der Waals surface area contributed by atoms with Gasteiger partial charge in [0.2, 0.25) is 11.6 Å². The van der Waals surface area contributed by atoms with Gasteiger partial charge in [0.1, 0.15) is 0 Å². The Hall–Kier alpha value is -2.15. The van der Waals surface area contributed by atoms with Gasteiger partial charge in [-0.15, -0.1) is 0 Å². The third-order valence-electron chi connectivity index (χ3n) is 5.22. The summed E-state index contributed by atoms with van der Waals surface area (Å²) in [7, 11) is 0. The fraction of sp³-hybridized carbons (Fsp3) is 0.611. The minimum absolute atomic E-state index is 0.206. The quantitative estimate of drug-likeness (QED) is 0.914. The maximum Gasteiger partial charge on any atom is 0.299 e.